The third kappa shape index (κ3) is 5.17. The van der Waals surface area contributed by atoms with Crippen molar-refractivity contribution in [3.05, 3.63) is 24.0 Å². The molecule has 0 radical (unpaired) electrons. The fourth-order valence-corrected chi connectivity index (χ4v) is 1.84. The van der Waals surface area contributed by atoms with E-state index in [9.17, 15) is 4.79 Å². The molecule has 1 aliphatic rings. The summed E-state index contributed by atoms with van der Waals surface area (Å²) in [5.41, 5.74) is 1.38. The van der Waals surface area contributed by atoms with E-state index in [1.807, 2.05) is 13.0 Å². The molecule has 0 atom stereocenters. The highest BCUT2D eigenvalue weighted by Gasteiger charge is 2.20. The highest BCUT2D eigenvalue weighted by molar-refractivity contribution is 5.92. The molecule has 0 unspecified atom stereocenters. The first-order chi connectivity index (χ1) is 9.79. The van der Waals surface area contributed by atoms with E-state index < -0.39 is 0 Å². The Bertz CT molecular complexity index is 416. The maximum absolute atomic E-state index is 11.8. The summed E-state index contributed by atoms with van der Waals surface area (Å²) in [7, 11) is 0. The van der Waals surface area contributed by atoms with Gasteiger partial charge in [-0.1, -0.05) is 0 Å². The molecule has 1 saturated carbocycles. The average molecular weight is 277 g/mol. The van der Waals surface area contributed by atoms with Crippen LogP contribution in [0.1, 0.15) is 36.7 Å². The van der Waals surface area contributed by atoms with Gasteiger partial charge >= 0.3 is 0 Å². The third-order valence-electron chi connectivity index (χ3n) is 3.18. The van der Waals surface area contributed by atoms with Gasteiger partial charge in [0.25, 0.3) is 5.91 Å². The lowest BCUT2D eigenvalue weighted by molar-refractivity contribution is 0.0932. The van der Waals surface area contributed by atoms with Crippen LogP contribution >= 0.6 is 0 Å². The maximum atomic E-state index is 11.8. The smallest absolute Gasteiger partial charge is 0.269 e. The Balaban J connectivity index is 1.60. The molecule has 5 heteroatoms. The van der Waals surface area contributed by atoms with Crippen molar-refractivity contribution in [2.24, 2.45) is 5.92 Å². The summed E-state index contributed by atoms with van der Waals surface area (Å²) in [5, 5.41) is 6.00. The average Bonchev–Trinajstić information content (AvgIpc) is 3.28. The van der Waals surface area contributed by atoms with Crippen LogP contribution in [-0.4, -0.2) is 37.2 Å². The number of pyridine rings is 1. The Kier molecular flexibility index (Phi) is 5.80. The lowest BCUT2D eigenvalue weighted by Crippen LogP contribution is -2.26. The first-order valence-electron chi connectivity index (χ1n) is 7.35. The Morgan fingerprint density at radius 2 is 2.30 bits per heavy atom. The minimum atomic E-state index is -0.129. The Labute approximate surface area is 120 Å². The van der Waals surface area contributed by atoms with Gasteiger partial charge in [-0.2, -0.15) is 0 Å². The second kappa shape index (κ2) is 7.85. The van der Waals surface area contributed by atoms with Crippen molar-refractivity contribution in [1.82, 2.24) is 10.3 Å². The van der Waals surface area contributed by atoms with Gasteiger partial charge in [-0.25, -0.2) is 4.98 Å². The Morgan fingerprint density at radius 3 is 2.95 bits per heavy atom. The molecule has 0 aromatic carbocycles. The molecule has 5 nitrogen and oxygen atoms in total. The predicted octanol–water partition coefficient (Wildman–Crippen LogP) is 2.06. The lowest BCUT2D eigenvalue weighted by atomic mass is 10.3. The molecule has 0 spiro atoms. The number of nitrogens with zero attached hydrogens (tertiary/aromatic N) is 1. The normalized spacial score (nSPS) is 14.1. The van der Waals surface area contributed by atoms with Crippen LogP contribution in [0.15, 0.2) is 18.3 Å². The Morgan fingerprint density at radius 1 is 1.45 bits per heavy atom. The number of carbonyl (C=O) groups is 1. The minimum Gasteiger partial charge on any atom is -0.384 e. The first kappa shape index (κ1) is 14.8. The highest BCUT2D eigenvalue weighted by atomic mass is 16.5. The molecule has 0 saturated heterocycles. The largest absolute Gasteiger partial charge is 0.384 e. The molecular formula is C15H23N3O2. The van der Waals surface area contributed by atoms with Crippen LogP contribution in [0.3, 0.4) is 0 Å². The molecule has 1 aromatic heterocycles. The highest BCUT2D eigenvalue weighted by Crippen LogP contribution is 2.28. The number of amides is 1. The topological polar surface area (TPSA) is 63.2 Å². The van der Waals surface area contributed by atoms with Crippen LogP contribution < -0.4 is 10.6 Å². The van der Waals surface area contributed by atoms with E-state index in [1.165, 1.54) is 12.8 Å². The number of hydrogen-bond donors (Lipinski definition) is 2. The fraction of sp³-hybridized carbons (Fsp3) is 0.600. The first-order valence-corrected chi connectivity index (χ1v) is 7.35. The van der Waals surface area contributed by atoms with Crippen LogP contribution in [0.2, 0.25) is 0 Å². The van der Waals surface area contributed by atoms with E-state index in [2.05, 4.69) is 15.6 Å². The van der Waals surface area contributed by atoms with Crippen molar-refractivity contribution in [3.63, 3.8) is 0 Å². The number of carbonyl (C=O) groups excluding carboxylic acids is 1. The summed E-state index contributed by atoms with van der Waals surface area (Å²) in [6.45, 7) is 5.07. The molecule has 1 aliphatic carbocycles. The number of aromatic nitrogens is 1. The van der Waals surface area contributed by atoms with E-state index in [0.29, 0.717) is 18.8 Å². The third-order valence-corrected chi connectivity index (χ3v) is 3.18. The molecule has 2 rings (SSSR count). The maximum Gasteiger partial charge on any atom is 0.269 e. The second-order valence-corrected chi connectivity index (χ2v) is 5.09. The van der Waals surface area contributed by atoms with Crippen molar-refractivity contribution >= 4 is 11.6 Å². The van der Waals surface area contributed by atoms with E-state index in [-0.39, 0.29) is 5.91 Å². The van der Waals surface area contributed by atoms with Crippen LogP contribution in [-0.2, 0) is 4.74 Å². The fourth-order valence-electron chi connectivity index (χ4n) is 1.84. The van der Waals surface area contributed by atoms with Crippen LogP contribution in [0.25, 0.3) is 0 Å². The van der Waals surface area contributed by atoms with E-state index in [4.69, 9.17) is 4.74 Å². The van der Waals surface area contributed by atoms with Gasteiger partial charge in [-0.15, -0.1) is 0 Å². The number of ether oxygens (including phenoxy) is 1. The summed E-state index contributed by atoms with van der Waals surface area (Å²) < 4.78 is 5.51. The van der Waals surface area contributed by atoms with Gasteiger partial charge in [0.1, 0.15) is 5.69 Å². The number of rotatable bonds is 9. The quantitative estimate of drug-likeness (QED) is 0.678. The lowest BCUT2D eigenvalue weighted by Gasteiger charge is -2.06. The van der Waals surface area contributed by atoms with Gasteiger partial charge in [0.2, 0.25) is 0 Å². The molecule has 0 bridgehead atoms. The molecule has 1 heterocycles. The number of anilines is 1. The zero-order valence-electron chi connectivity index (χ0n) is 12.0. The SMILES string of the molecule is CCNc1ccc(C(=O)NCCCOCC2CC2)nc1. The molecule has 20 heavy (non-hydrogen) atoms. The van der Waals surface area contributed by atoms with Crippen molar-refractivity contribution in [2.45, 2.75) is 26.2 Å². The van der Waals surface area contributed by atoms with Crippen LogP contribution in [0.4, 0.5) is 5.69 Å². The van der Waals surface area contributed by atoms with Crippen LogP contribution in [0, 0.1) is 5.92 Å². The molecule has 1 amide bonds. The van der Waals surface area contributed by atoms with Gasteiger partial charge in [-0.05, 0) is 44.2 Å². The summed E-state index contributed by atoms with van der Waals surface area (Å²) in [6.07, 6.45) is 5.14. The molecule has 2 N–H and O–H groups in total. The monoisotopic (exact) mass is 277 g/mol. The zero-order valence-corrected chi connectivity index (χ0v) is 12.0. The standard InChI is InChI=1S/C15H23N3O2/c1-2-16-13-6-7-14(18-10-13)15(19)17-8-3-9-20-11-12-4-5-12/h6-7,10,12,16H,2-5,8-9,11H2,1H3,(H,17,19). The molecule has 0 aliphatic heterocycles. The number of nitrogens with one attached hydrogen (secondary N) is 2. The summed E-state index contributed by atoms with van der Waals surface area (Å²) in [6, 6.07) is 3.60. The molecule has 1 aromatic rings. The minimum absolute atomic E-state index is 0.129. The van der Waals surface area contributed by atoms with Gasteiger partial charge in [0, 0.05) is 26.3 Å². The van der Waals surface area contributed by atoms with Gasteiger partial charge < -0.3 is 15.4 Å². The van der Waals surface area contributed by atoms with Gasteiger partial charge in [-0.3, -0.25) is 4.79 Å². The van der Waals surface area contributed by atoms with Crippen molar-refractivity contribution in [3.8, 4) is 0 Å². The van der Waals surface area contributed by atoms with Crippen molar-refractivity contribution in [2.75, 3.05) is 31.6 Å². The molecular weight excluding hydrogens is 254 g/mol. The van der Waals surface area contributed by atoms with Gasteiger partial charge in [0.15, 0.2) is 0 Å². The summed E-state index contributed by atoms with van der Waals surface area (Å²) in [4.78, 5) is 16.0. The predicted molar refractivity (Wildman–Crippen MR) is 78.9 cm³/mol. The summed E-state index contributed by atoms with van der Waals surface area (Å²) in [5.74, 6) is 0.666. The second-order valence-electron chi connectivity index (χ2n) is 5.09. The van der Waals surface area contributed by atoms with Crippen molar-refractivity contribution < 1.29 is 9.53 Å². The summed E-state index contributed by atoms with van der Waals surface area (Å²) >= 11 is 0. The Hall–Kier alpha value is -1.62. The molecule has 110 valence electrons. The van der Waals surface area contributed by atoms with Crippen LogP contribution in [0.5, 0.6) is 0 Å². The van der Waals surface area contributed by atoms with Crippen molar-refractivity contribution in [1.29, 1.82) is 0 Å². The van der Waals surface area contributed by atoms with E-state index >= 15 is 0 Å². The van der Waals surface area contributed by atoms with E-state index in [1.54, 1.807) is 12.3 Å². The molecule has 1 fully saturated rings. The van der Waals surface area contributed by atoms with E-state index in [0.717, 1.165) is 31.2 Å². The number of hydrogen-bond acceptors (Lipinski definition) is 4. The zero-order chi connectivity index (χ0) is 14.2. The van der Waals surface area contributed by atoms with Gasteiger partial charge in [0.05, 0.1) is 11.9 Å².